The second-order valence-corrected chi connectivity index (χ2v) is 6.38. The van der Waals surface area contributed by atoms with Gasteiger partial charge in [-0.05, 0) is 19.1 Å². The highest BCUT2D eigenvalue weighted by molar-refractivity contribution is 7.89. The molecule has 6 heteroatoms. The van der Waals surface area contributed by atoms with Crippen molar-refractivity contribution in [3.8, 4) is 0 Å². The lowest BCUT2D eigenvalue weighted by molar-refractivity contribution is -0.141. The number of carboxylic acids is 1. The first-order chi connectivity index (χ1) is 8.25. The molecule has 0 aromatic heterocycles. The first-order valence-electron chi connectivity index (χ1n) is 5.51. The summed E-state index contributed by atoms with van der Waals surface area (Å²) in [5, 5.41) is 8.78. The van der Waals surface area contributed by atoms with Gasteiger partial charge in [0.05, 0.1) is 10.8 Å². The fourth-order valence-electron chi connectivity index (χ4n) is 1.45. The number of aliphatic carboxylic acids is 1. The molecule has 1 unspecified atom stereocenters. The van der Waals surface area contributed by atoms with Crippen LogP contribution in [-0.4, -0.2) is 37.4 Å². The largest absolute Gasteiger partial charge is 0.481 e. The molecule has 5 nitrogen and oxygen atoms in total. The smallest absolute Gasteiger partial charge is 0.307 e. The van der Waals surface area contributed by atoms with Crippen LogP contribution in [0, 0.1) is 12.8 Å². The van der Waals surface area contributed by atoms with Gasteiger partial charge in [0, 0.05) is 13.6 Å². The molecule has 0 aliphatic rings. The lowest BCUT2D eigenvalue weighted by Crippen LogP contribution is -2.33. The SMILES string of the molecule is Cc1ccc(S(=O)(=O)N(C)CC(C)C(=O)O)cc1. The second kappa shape index (κ2) is 5.49. The predicted molar refractivity (Wildman–Crippen MR) is 67.8 cm³/mol. The second-order valence-electron chi connectivity index (χ2n) is 4.34. The zero-order chi connectivity index (χ0) is 13.9. The lowest BCUT2D eigenvalue weighted by atomic mass is 10.2. The van der Waals surface area contributed by atoms with Crippen LogP contribution in [0.25, 0.3) is 0 Å². The standard InChI is InChI=1S/C12H17NO4S/c1-9-4-6-11(7-5-9)18(16,17)13(3)8-10(2)12(14)15/h4-7,10H,8H2,1-3H3,(H,14,15). The van der Waals surface area contributed by atoms with Gasteiger partial charge in [-0.1, -0.05) is 24.6 Å². The number of aryl methyl sites for hydroxylation is 1. The van der Waals surface area contributed by atoms with E-state index in [1.807, 2.05) is 6.92 Å². The van der Waals surface area contributed by atoms with Crippen LogP contribution in [0.4, 0.5) is 0 Å². The van der Waals surface area contributed by atoms with Gasteiger partial charge in [-0.25, -0.2) is 12.7 Å². The van der Waals surface area contributed by atoms with Crippen molar-refractivity contribution in [2.45, 2.75) is 18.7 Å². The summed E-state index contributed by atoms with van der Waals surface area (Å²) in [4.78, 5) is 10.9. The molecule has 0 saturated carbocycles. The Morgan fingerprint density at radius 2 is 1.83 bits per heavy atom. The molecule has 0 bridgehead atoms. The molecular formula is C12H17NO4S. The Morgan fingerprint density at radius 1 is 1.33 bits per heavy atom. The van der Waals surface area contributed by atoms with Gasteiger partial charge in [0.1, 0.15) is 0 Å². The van der Waals surface area contributed by atoms with E-state index in [0.29, 0.717) is 0 Å². The minimum absolute atomic E-state index is 0.0501. The molecule has 1 aromatic rings. The zero-order valence-corrected chi connectivity index (χ0v) is 11.4. The average Bonchev–Trinajstić information content (AvgIpc) is 2.29. The van der Waals surface area contributed by atoms with Crippen LogP contribution >= 0.6 is 0 Å². The van der Waals surface area contributed by atoms with E-state index < -0.39 is 21.9 Å². The first kappa shape index (κ1) is 14.7. The van der Waals surface area contributed by atoms with E-state index in [2.05, 4.69) is 0 Å². The van der Waals surface area contributed by atoms with E-state index in [1.165, 1.54) is 26.1 Å². The Balaban J connectivity index is 2.93. The van der Waals surface area contributed by atoms with Crippen LogP contribution in [0.5, 0.6) is 0 Å². The van der Waals surface area contributed by atoms with E-state index in [0.717, 1.165) is 9.87 Å². The van der Waals surface area contributed by atoms with Crippen molar-refractivity contribution >= 4 is 16.0 Å². The third-order valence-electron chi connectivity index (χ3n) is 2.68. The summed E-state index contributed by atoms with van der Waals surface area (Å²) in [7, 11) is -2.23. The zero-order valence-electron chi connectivity index (χ0n) is 10.6. The Morgan fingerprint density at radius 3 is 2.28 bits per heavy atom. The average molecular weight is 271 g/mol. The van der Waals surface area contributed by atoms with Crippen LogP contribution in [0.1, 0.15) is 12.5 Å². The van der Waals surface area contributed by atoms with Crippen molar-refractivity contribution in [1.29, 1.82) is 0 Å². The predicted octanol–water partition coefficient (Wildman–Crippen LogP) is 1.34. The summed E-state index contributed by atoms with van der Waals surface area (Å²) in [5.74, 6) is -1.75. The minimum atomic E-state index is -3.61. The normalized spacial score (nSPS) is 13.6. The molecule has 0 spiro atoms. The highest BCUT2D eigenvalue weighted by Gasteiger charge is 2.24. The van der Waals surface area contributed by atoms with E-state index in [4.69, 9.17) is 5.11 Å². The van der Waals surface area contributed by atoms with Gasteiger partial charge in [-0.3, -0.25) is 4.79 Å². The quantitative estimate of drug-likeness (QED) is 0.877. The molecule has 0 heterocycles. The van der Waals surface area contributed by atoms with Gasteiger partial charge in [0.15, 0.2) is 0 Å². The number of rotatable bonds is 5. The summed E-state index contributed by atoms with van der Waals surface area (Å²) >= 11 is 0. The Labute approximate surface area is 107 Å². The Kier molecular flexibility index (Phi) is 4.48. The van der Waals surface area contributed by atoms with Gasteiger partial charge in [0.2, 0.25) is 10.0 Å². The third-order valence-corrected chi connectivity index (χ3v) is 4.52. The highest BCUT2D eigenvalue weighted by atomic mass is 32.2. The number of carboxylic acid groups (broad SMARTS) is 1. The molecule has 0 aliphatic carbocycles. The maximum Gasteiger partial charge on any atom is 0.307 e. The third kappa shape index (κ3) is 3.30. The summed E-state index contributed by atoms with van der Waals surface area (Å²) in [6, 6.07) is 6.46. The van der Waals surface area contributed by atoms with Crippen LogP contribution in [0.3, 0.4) is 0 Å². The van der Waals surface area contributed by atoms with Gasteiger partial charge < -0.3 is 5.11 Å². The van der Waals surface area contributed by atoms with Gasteiger partial charge in [-0.2, -0.15) is 0 Å². The maximum atomic E-state index is 12.1. The molecule has 0 fully saturated rings. The number of benzene rings is 1. The number of hydrogen-bond acceptors (Lipinski definition) is 3. The number of nitrogens with zero attached hydrogens (tertiary/aromatic N) is 1. The number of carbonyl (C=O) groups is 1. The van der Waals surface area contributed by atoms with Gasteiger partial charge in [-0.15, -0.1) is 0 Å². The van der Waals surface area contributed by atoms with Gasteiger partial charge in [0.25, 0.3) is 0 Å². The molecule has 0 saturated heterocycles. The van der Waals surface area contributed by atoms with Crippen LogP contribution in [-0.2, 0) is 14.8 Å². The molecule has 0 amide bonds. The number of hydrogen-bond donors (Lipinski definition) is 1. The Hall–Kier alpha value is -1.40. The van der Waals surface area contributed by atoms with Crippen molar-refractivity contribution < 1.29 is 18.3 Å². The fourth-order valence-corrected chi connectivity index (χ4v) is 2.71. The molecule has 1 N–H and O–H groups in total. The van der Waals surface area contributed by atoms with Crippen molar-refractivity contribution in [2.24, 2.45) is 5.92 Å². The lowest BCUT2D eigenvalue weighted by Gasteiger charge is -2.19. The van der Waals surface area contributed by atoms with Crippen molar-refractivity contribution in [3.63, 3.8) is 0 Å². The molecular weight excluding hydrogens is 254 g/mol. The molecule has 100 valence electrons. The van der Waals surface area contributed by atoms with Crippen molar-refractivity contribution in [3.05, 3.63) is 29.8 Å². The van der Waals surface area contributed by atoms with Crippen LogP contribution in [0.2, 0.25) is 0 Å². The Bertz CT molecular complexity index is 522. The summed E-state index contributed by atoms with van der Waals surface area (Å²) in [5.41, 5.74) is 0.968. The monoisotopic (exact) mass is 271 g/mol. The molecule has 18 heavy (non-hydrogen) atoms. The first-order valence-corrected chi connectivity index (χ1v) is 6.95. The fraction of sp³-hybridized carbons (Fsp3) is 0.417. The summed E-state index contributed by atoms with van der Waals surface area (Å²) in [6.07, 6.45) is 0. The summed E-state index contributed by atoms with van der Waals surface area (Å²) in [6.45, 7) is 3.29. The van der Waals surface area contributed by atoms with Crippen molar-refractivity contribution in [1.82, 2.24) is 4.31 Å². The van der Waals surface area contributed by atoms with E-state index >= 15 is 0 Å². The molecule has 0 radical (unpaired) electrons. The van der Waals surface area contributed by atoms with E-state index in [1.54, 1.807) is 12.1 Å². The minimum Gasteiger partial charge on any atom is -0.481 e. The molecule has 1 atom stereocenters. The van der Waals surface area contributed by atoms with Crippen molar-refractivity contribution in [2.75, 3.05) is 13.6 Å². The van der Waals surface area contributed by atoms with Crippen LogP contribution < -0.4 is 0 Å². The van der Waals surface area contributed by atoms with E-state index in [-0.39, 0.29) is 11.4 Å². The van der Waals surface area contributed by atoms with Gasteiger partial charge >= 0.3 is 5.97 Å². The topological polar surface area (TPSA) is 74.7 Å². The molecule has 1 aromatic carbocycles. The van der Waals surface area contributed by atoms with E-state index in [9.17, 15) is 13.2 Å². The molecule has 1 rings (SSSR count). The number of sulfonamides is 1. The maximum absolute atomic E-state index is 12.1. The highest BCUT2D eigenvalue weighted by Crippen LogP contribution is 2.16. The summed E-state index contributed by atoms with van der Waals surface area (Å²) < 4.78 is 25.3. The molecule has 0 aliphatic heterocycles. The van der Waals surface area contributed by atoms with Crippen LogP contribution in [0.15, 0.2) is 29.2 Å².